The van der Waals surface area contributed by atoms with Gasteiger partial charge in [0.05, 0.1) is 30.0 Å². The zero-order valence-electron chi connectivity index (χ0n) is 28.0. The third kappa shape index (κ3) is 9.09. The van der Waals surface area contributed by atoms with Crippen LogP contribution in [0.1, 0.15) is 70.6 Å². The van der Waals surface area contributed by atoms with Gasteiger partial charge in [-0.1, -0.05) is 73.9 Å². The molecular weight excluding hydrogens is 683 g/mol. The molecular formula is C39H44F2O7S2. The van der Waals surface area contributed by atoms with E-state index in [4.69, 9.17) is 9.47 Å². The van der Waals surface area contributed by atoms with Crippen molar-refractivity contribution in [2.45, 2.75) is 90.6 Å². The summed E-state index contributed by atoms with van der Waals surface area (Å²) in [6.45, 7) is 0.261. The van der Waals surface area contributed by atoms with E-state index in [9.17, 15) is 23.6 Å². The molecule has 0 saturated heterocycles. The van der Waals surface area contributed by atoms with Crippen molar-refractivity contribution in [3.8, 4) is 0 Å². The largest absolute Gasteiger partial charge is 0.691 e. The predicted molar refractivity (Wildman–Crippen MR) is 184 cm³/mol. The van der Waals surface area contributed by atoms with Gasteiger partial charge in [-0.05, 0) is 99.6 Å². The van der Waals surface area contributed by atoms with Crippen molar-refractivity contribution in [1.29, 1.82) is 0 Å². The Morgan fingerprint density at radius 3 is 1.66 bits per heavy atom. The lowest BCUT2D eigenvalue weighted by Crippen LogP contribution is -2.55. The number of ether oxygens (including phenoxy) is 2. The van der Waals surface area contributed by atoms with Gasteiger partial charge in [0.15, 0.2) is 14.7 Å². The van der Waals surface area contributed by atoms with Crippen LogP contribution in [0.15, 0.2) is 106 Å². The Morgan fingerprint density at radius 2 is 1.20 bits per heavy atom. The van der Waals surface area contributed by atoms with Gasteiger partial charge in [-0.3, -0.25) is 9.83 Å². The molecule has 0 spiro atoms. The fourth-order valence-electron chi connectivity index (χ4n) is 9.14. The fourth-order valence-corrected chi connectivity index (χ4v) is 11.5. The van der Waals surface area contributed by atoms with Crippen LogP contribution in [0.25, 0.3) is 0 Å². The summed E-state index contributed by atoms with van der Waals surface area (Å²) < 4.78 is 41.8. The second kappa shape index (κ2) is 16.6. The quantitative estimate of drug-likeness (QED) is 0.0604. The number of hydrogen-bond donors (Lipinski definition) is 0. The molecule has 4 bridgehead atoms. The zero-order valence-corrected chi connectivity index (χ0v) is 29.6. The average Bonchev–Trinajstić information content (AvgIpc) is 3.14. The van der Waals surface area contributed by atoms with Crippen molar-refractivity contribution >= 4 is 34.9 Å². The molecule has 0 aromatic heterocycles. The van der Waals surface area contributed by atoms with E-state index in [2.05, 4.69) is 100 Å². The summed E-state index contributed by atoms with van der Waals surface area (Å²) in [6, 6.07) is 32.2. The van der Waals surface area contributed by atoms with Crippen molar-refractivity contribution < 1.29 is 42.5 Å². The van der Waals surface area contributed by atoms with E-state index in [0.717, 1.165) is 57.8 Å². The van der Waals surface area contributed by atoms with Crippen molar-refractivity contribution in [1.82, 2.24) is 0 Å². The van der Waals surface area contributed by atoms with Crippen LogP contribution < -0.4 is 5.26 Å². The highest BCUT2D eigenvalue weighted by Crippen LogP contribution is 2.65. The molecule has 5 aliphatic carbocycles. The predicted octanol–water partition coefficient (Wildman–Crippen LogP) is 8.49. The topological polar surface area (TPSA) is 94.1 Å². The number of carbonyl (C=O) groups excluding carboxylic acids is 2. The number of halogens is 2. The second-order valence-corrected chi connectivity index (χ2v) is 17.3. The normalized spacial score (nSPS) is 25.8. The van der Waals surface area contributed by atoms with Crippen LogP contribution in [0.3, 0.4) is 0 Å². The Kier molecular flexibility index (Phi) is 12.2. The van der Waals surface area contributed by atoms with Gasteiger partial charge < -0.3 is 14.7 Å². The van der Waals surface area contributed by atoms with Gasteiger partial charge in [-0.2, -0.15) is 13.1 Å². The molecule has 3 aromatic carbocycles. The van der Waals surface area contributed by atoms with E-state index in [1.54, 1.807) is 0 Å². The summed E-state index contributed by atoms with van der Waals surface area (Å²) in [5.41, 5.74) is -0.523. The van der Waals surface area contributed by atoms with Gasteiger partial charge in [-0.15, -0.1) is 0 Å². The second-order valence-electron chi connectivity index (χ2n) is 14.5. The van der Waals surface area contributed by atoms with Crippen molar-refractivity contribution in [3.05, 3.63) is 91.0 Å². The summed E-state index contributed by atoms with van der Waals surface area (Å²) >= 11 is -0.672. The molecule has 11 heteroatoms. The number of alkyl halides is 2. The molecule has 0 amide bonds. The average molecular weight is 727 g/mol. The lowest BCUT2D eigenvalue weighted by Gasteiger charge is -2.61. The minimum atomic E-state index is -4.03. The molecule has 2 atom stereocenters. The first-order valence-corrected chi connectivity index (χ1v) is 19.4. The Balaban J connectivity index is 0.000000194. The molecule has 5 saturated carbocycles. The summed E-state index contributed by atoms with van der Waals surface area (Å²) in [5, 5.41) is 8.63. The molecule has 3 aromatic rings. The molecule has 2 unspecified atom stereocenters. The molecule has 0 aliphatic heterocycles. The molecule has 5 aliphatic rings. The number of hydrogen-bond acceptors (Lipinski definition) is 8. The Morgan fingerprint density at radius 1 is 0.740 bits per heavy atom. The maximum absolute atomic E-state index is 13.7. The Labute approximate surface area is 299 Å². The third-order valence-corrected chi connectivity index (χ3v) is 13.3. The van der Waals surface area contributed by atoms with Gasteiger partial charge in [0.2, 0.25) is 0 Å². The monoisotopic (exact) mass is 726 g/mol. The Bertz CT molecular complexity index is 1430. The van der Waals surface area contributed by atoms with Gasteiger partial charge in [0.1, 0.15) is 12.0 Å². The Hall–Kier alpha value is -2.96. The van der Waals surface area contributed by atoms with Crippen LogP contribution in [0.5, 0.6) is 0 Å². The van der Waals surface area contributed by atoms with Crippen molar-refractivity contribution in [2.75, 3.05) is 13.2 Å². The molecule has 8 rings (SSSR count). The molecule has 0 radical (unpaired) electrons. The van der Waals surface area contributed by atoms with E-state index in [1.165, 1.54) is 21.1 Å². The lowest BCUT2D eigenvalue weighted by molar-refractivity contribution is -0.777. The summed E-state index contributed by atoms with van der Waals surface area (Å²) in [4.78, 5) is 28.5. The highest BCUT2D eigenvalue weighted by Gasteiger charge is 2.59. The van der Waals surface area contributed by atoms with Crippen LogP contribution in [-0.2, 0) is 39.3 Å². The van der Waals surface area contributed by atoms with E-state index in [0.29, 0.717) is 24.9 Å². The van der Waals surface area contributed by atoms with E-state index in [1.807, 2.05) is 0 Å². The van der Waals surface area contributed by atoms with Crippen LogP contribution >= 0.6 is 12.0 Å². The first-order chi connectivity index (χ1) is 24.2. The highest BCUT2D eigenvalue weighted by atomic mass is 32.2. The lowest BCUT2D eigenvalue weighted by atomic mass is 9.44. The number of rotatable bonds is 12. The van der Waals surface area contributed by atoms with Crippen LogP contribution in [0.4, 0.5) is 8.78 Å². The number of esters is 2. The summed E-state index contributed by atoms with van der Waals surface area (Å²) in [7, 11) is -0.0146. The maximum atomic E-state index is 13.7. The van der Waals surface area contributed by atoms with Gasteiger partial charge in [0, 0.05) is 10.8 Å². The van der Waals surface area contributed by atoms with Gasteiger partial charge >= 0.3 is 17.2 Å². The van der Waals surface area contributed by atoms with Crippen LogP contribution in [-0.4, -0.2) is 30.4 Å². The van der Waals surface area contributed by atoms with Crippen LogP contribution in [0.2, 0.25) is 0 Å². The van der Waals surface area contributed by atoms with E-state index < -0.39 is 23.3 Å². The first-order valence-electron chi connectivity index (χ1n) is 17.5. The SMILES string of the molecule is O=C(OCC12CC3CC(C1)CC(COC(=O)C(F)(F)SOO[O-])(C3)C2)C1CCCCC1.c1ccc([S+](c2ccccc2)c2ccccc2)cc1. The van der Waals surface area contributed by atoms with Crippen LogP contribution in [0, 0.1) is 28.6 Å². The standard InChI is InChI=1S/C21H30F2O7S.C18H15S/c22-21(23,31-30-29-26)18(25)28-13-20-9-14-6-15(10-20)8-19(7-14,11-20)12-27-17(24)16-4-2-1-3-5-16;1-4-10-16(11-5-1)19(17-12-6-2-7-13-17)18-14-8-3-9-15-18/h14-16,26H,1-13H2;1-15H/q;+1/p-1. The van der Waals surface area contributed by atoms with Crippen molar-refractivity contribution in [2.24, 2.45) is 28.6 Å². The zero-order chi connectivity index (χ0) is 35.0. The maximum Gasteiger partial charge on any atom is 0.415 e. The molecule has 268 valence electrons. The molecule has 5 fully saturated rings. The third-order valence-electron chi connectivity index (χ3n) is 10.6. The number of benzene rings is 3. The van der Waals surface area contributed by atoms with E-state index >= 15 is 0 Å². The molecule has 0 N–H and O–H groups in total. The van der Waals surface area contributed by atoms with Crippen molar-refractivity contribution in [3.63, 3.8) is 0 Å². The van der Waals surface area contributed by atoms with Gasteiger partial charge in [0.25, 0.3) is 0 Å². The first kappa shape index (κ1) is 36.8. The molecule has 7 nitrogen and oxygen atoms in total. The van der Waals surface area contributed by atoms with E-state index in [-0.39, 0.29) is 40.2 Å². The highest BCUT2D eigenvalue weighted by molar-refractivity contribution is 7.97. The smallest absolute Gasteiger partial charge is 0.415 e. The molecule has 50 heavy (non-hydrogen) atoms. The molecule has 0 heterocycles. The minimum absolute atomic E-state index is 0.00220. The summed E-state index contributed by atoms with van der Waals surface area (Å²) in [6.07, 6.45) is 10.5. The van der Waals surface area contributed by atoms with Gasteiger partial charge in [-0.25, -0.2) is 4.79 Å². The fraction of sp³-hybridized carbons (Fsp3) is 0.487. The minimum Gasteiger partial charge on any atom is -0.691 e. The summed E-state index contributed by atoms with van der Waals surface area (Å²) in [5.74, 6) is -0.991. The number of carbonyl (C=O) groups is 2.